The average molecular weight is 270 g/mol. The second kappa shape index (κ2) is 5.09. The van der Waals surface area contributed by atoms with Gasteiger partial charge in [-0.1, -0.05) is 0 Å². The molecule has 0 radical (unpaired) electrons. The summed E-state index contributed by atoms with van der Waals surface area (Å²) in [5.41, 5.74) is 3.92. The molecule has 19 heavy (non-hydrogen) atoms. The number of nitrogens with two attached hydrogens (primary N) is 1. The van der Waals surface area contributed by atoms with Crippen LogP contribution in [0, 0.1) is 11.3 Å². The van der Waals surface area contributed by atoms with E-state index in [1.807, 2.05) is 0 Å². The smallest absolute Gasteiger partial charge is 0.329 e. The maximum absolute atomic E-state index is 12.5. The van der Waals surface area contributed by atoms with Crippen molar-refractivity contribution in [2.75, 3.05) is 19.8 Å². The van der Waals surface area contributed by atoms with Crippen LogP contribution in [0.5, 0.6) is 0 Å². The summed E-state index contributed by atoms with van der Waals surface area (Å²) in [6.07, 6.45) is 2.80. The molecule has 4 N–H and O–H groups in total. The fourth-order valence-corrected chi connectivity index (χ4v) is 2.65. The predicted octanol–water partition coefficient (Wildman–Crippen LogP) is 0.111. The molecule has 2 aliphatic rings. The highest BCUT2D eigenvalue weighted by Gasteiger charge is 2.51. The van der Waals surface area contributed by atoms with Crippen molar-refractivity contribution in [3.8, 4) is 0 Å². The molecule has 1 amide bonds. The monoisotopic (exact) mass is 270 g/mol. The zero-order chi connectivity index (χ0) is 14.1. The molecule has 1 aliphatic heterocycles. The number of carbonyl (C=O) groups excluding carboxylic acids is 1. The first-order chi connectivity index (χ1) is 8.94. The number of carboxylic acid groups (broad SMARTS) is 1. The minimum absolute atomic E-state index is 0.0311. The van der Waals surface area contributed by atoms with Crippen molar-refractivity contribution < 1.29 is 19.4 Å². The summed E-state index contributed by atoms with van der Waals surface area (Å²) < 4.78 is 5.26. The molecule has 0 bridgehead atoms. The van der Waals surface area contributed by atoms with E-state index in [0.717, 1.165) is 12.8 Å². The highest BCUT2D eigenvalue weighted by atomic mass is 16.5. The maximum atomic E-state index is 12.5. The summed E-state index contributed by atoms with van der Waals surface area (Å²) in [7, 11) is 0. The summed E-state index contributed by atoms with van der Waals surface area (Å²) >= 11 is 0. The first-order valence-electron chi connectivity index (χ1n) is 6.78. The van der Waals surface area contributed by atoms with Crippen LogP contribution in [-0.4, -0.2) is 42.3 Å². The fraction of sp³-hybridized carbons (Fsp3) is 0.846. The molecule has 108 valence electrons. The summed E-state index contributed by atoms with van der Waals surface area (Å²) in [6, 6.07) is 0. The van der Waals surface area contributed by atoms with Gasteiger partial charge < -0.3 is 20.9 Å². The van der Waals surface area contributed by atoms with Crippen LogP contribution in [0.15, 0.2) is 0 Å². The van der Waals surface area contributed by atoms with Crippen LogP contribution in [0.1, 0.15) is 32.6 Å². The van der Waals surface area contributed by atoms with E-state index in [9.17, 15) is 14.7 Å². The van der Waals surface area contributed by atoms with Crippen molar-refractivity contribution in [2.24, 2.45) is 17.1 Å². The van der Waals surface area contributed by atoms with E-state index in [4.69, 9.17) is 10.5 Å². The lowest BCUT2D eigenvalue weighted by molar-refractivity contribution is -0.151. The van der Waals surface area contributed by atoms with Gasteiger partial charge in [0.25, 0.3) is 0 Å². The van der Waals surface area contributed by atoms with Gasteiger partial charge in [-0.15, -0.1) is 0 Å². The predicted molar refractivity (Wildman–Crippen MR) is 68.4 cm³/mol. The zero-order valence-electron chi connectivity index (χ0n) is 11.3. The lowest BCUT2D eigenvalue weighted by Crippen LogP contribution is -2.60. The molecule has 6 nitrogen and oxygen atoms in total. The molecule has 1 atom stereocenters. The number of aliphatic carboxylic acids is 1. The van der Waals surface area contributed by atoms with E-state index in [2.05, 4.69) is 5.32 Å². The molecule has 1 heterocycles. The Labute approximate surface area is 112 Å². The molecule has 1 saturated heterocycles. The Morgan fingerprint density at radius 1 is 1.42 bits per heavy atom. The van der Waals surface area contributed by atoms with Gasteiger partial charge in [-0.25, -0.2) is 4.79 Å². The van der Waals surface area contributed by atoms with Crippen LogP contribution in [0.25, 0.3) is 0 Å². The van der Waals surface area contributed by atoms with E-state index in [0.29, 0.717) is 26.1 Å². The van der Waals surface area contributed by atoms with Crippen molar-refractivity contribution in [3.05, 3.63) is 0 Å². The maximum Gasteiger partial charge on any atom is 0.329 e. The van der Waals surface area contributed by atoms with Crippen LogP contribution in [0.2, 0.25) is 0 Å². The minimum Gasteiger partial charge on any atom is -0.480 e. The second-order valence-electron chi connectivity index (χ2n) is 5.83. The lowest BCUT2D eigenvalue weighted by atomic mass is 9.78. The van der Waals surface area contributed by atoms with E-state index >= 15 is 0 Å². The molecule has 6 heteroatoms. The molecule has 1 aliphatic carbocycles. The van der Waals surface area contributed by atoms with Gasteiger partial charge in [0.1, 0.15) is 5.54 Å². The Kier molecular flexibility index (Phi) is 3.82. The Morgan fingerprint density at radius 2 is 2.00 bits per heavy atom. The van der Waals surface area contributed by atoms with Gasteiger partial charge in [0.05, 0.1) is 5.41 Å². The number of hydrogen-bond donors (Lipinski definition) is 3. The van der Waals surface area contributed by atoms with E-state index in [1.54, 1.807) is 6.92 Å². The molecule has 1 saturated carbocycles. The van der Waals surface area contributed by atoms with E-state index in [1.165, 1.54) is 0 Å². The van der Waals surface area contributed by atoms with Crippen LogP contribution < -0.4 is 11.1 Å². The van der Waals surface area contributed by atoms with Gasteiger partial charge in [0, 0.05) is 19.8 Å². The second-order valence-corrected chi connectivity index (χ2v) is 5.83. The van der Waals surface area contributed by atoms with Crippen molar-refractivity contribution in [1.29, 1.82) is 0 Å². The van der Waals surface area contributed by atoms with Crippen LogP contribution in [-0.2, 0) is 14.3 Å². The van der Waals surface area contributed by atoms with Gasteiger partial charge in [0.2, 0.25) is 5.91 Å². The molecule has 1 unspecified atom stereocenters. The molecule has 0 aromatic carbocycles. The summed E-state index contributed by atoms with van der Waals surface area (Å²) in [4.78, 5) is 23.9. The van der Waals surface area contributed by atoms with Gasteiger partial charge in [-0.2, -0.15) is 0 Å². The molecule has 0 aromatic heterocycles. The number of carbonyl (C=O) groups is 2. The molecule has 0 spiro atoms. The topological polar surface area (TPSA) is 102 Å². The molecular formula is C13H22N2O4. The van der Waals surface area contributed by atoms with Gasteiger partial charge in [0.15, 0.2) is 0 Å². The third-order valence-electron chi connectivity index (χ3n) is 4.53. The summed E-state index contributed by atoms with van der Waals surface area (Å²) in [5, 5.41) is 12.1. The minimum atomic E-state index is -1.17. The number of hydrogen-bond acceptors (Lipinski definition) is 4. The third-order valence-corrected chi connectivity index (χ3v) is 4.53. The Hall–Kier alpha value is -1.14. The van der Waals surface area contributed by atoms with Crippen LogP contribution >= 0.6 is 0 Å². The zero-order valence-corrected chi connectivity index (χ0v) is 11.3. The van der Waals surface area contributed by atoms with Crippen LogP contribution in [0.3, 0.4) is 0 Å². The molecule has 2 rings (SSSR count). The Morgan fingerprint density at radius 3 is 2.42 bits per heavy atom. The Bertz CT molecular complexity index is 375. The quantitative estimate of drug-likeness (QED) is 0.658. The van der Waals surface area contributed by atoms with Gasteiger partial charge in [-0.3, -0.25) is 4.79 Å². The van der Waals surface area contributed by atoms with Crippen molar-refractivity contribution in [3.63, 3.8) is 0 Å². The number of nitrogens with one attached hydrogen (secondary N) is 1. The summed E-state index contributed by atoms with van der Waals surface area (Å²) in [6.45, 7) is 2.81. The normalized spacial score (nSPS) is 25.4. The SMILES string of the molecule is CC(NC(=O)C1(CN)CCOCC1)(C(=O)O)C1CC1. The molecular weight excluding hydrogens is 248 g/mol. The fourth-order valence-electron chi connectivity index (χ4n) is 2.65. The molecule has 2 fully saturated rings. The number of carboxylic acids is 1. The van der Waals surface area contributed by atoms with Crippen LogP contribution in [0.4, 0.5) is 0 Å². The highest BCUT2D eigenvalue weighted by Crippen LogP contribution is 2.41. The van der Waals surface area contributed by atoms with Crippen molar-refractivity contribution >= 4 is 11.9 Å². The van der Waals surface area contributed by atoms with E-state index < -0.39 is 16.9 Å². The number of ether oxygens (including phenoxy) is 1. The first-order valence-corrected chi connectivity index (χ1v) is 6.78. The van der Waals surface area contributed by atoms with Crippen molar-refractivity contribution in [2.45, 2.75) is 38.1 Å². The first kappa shape index (κ1) is 14.3. The molecule has 0 aromatic rings. The third kappa shape index (κ3) is 2.60. The number of amides is 1. The van der Waals surface area contributed by atoms with Crippen molar-refractivity contribution in [1.82, 2.24) is 5.32 Å². The van der Waals surface area contributed by atoms with E-state index in [-0.39, 0.29) is 18.4 Å². The lowest BCUT2D eigenvalue weighted by Gasteiger charge is -2.38. The summed E-state index contributed by atoms with van der Waals surface area (Å²) in [5.74, 6) is -1.18. The van der Waals surface area contributed by atoms with Gasteiger partial charge >= 0.3 is 5.97 Å². The highest BCUT2D eigenvalue weighted by molar-refractivity contribution is 5.90. The Balaban J connectivity index is 2.12. The standard InChI is InChI=1S/C13H22N2O4/c1-12(11(17)18,9-2-3-9)15-10(16)13(8-14)4-6-19-7-5-13/h9H,2-8,14H2,1H3,(H,15,16)(H,17,18). The van der Waals surface area contributed by atoms with Gasteiger partial charge in [-0.05, 0) is 38.5 Å². The largest absolute Gasteiger partial charge is 0.480 e. The average Bonchev–Trinajstić information content (AvgIpc) is 3.23. The number of rotatable bonds is 5.